The Morgan fingerprint density at radius 1 is 1.32 bits per heavy atom. The first-order chi connectivity index (χ1) is 10.2. The number of carbonyl (C=O) groups is 1. The summed E-state index contributed by atoms with van der Waals surface area (Å²) in [5.74, 6) is -0.272. The van der Waals surface area contributed by atoms with Crippen molar-refractivity contribution in [2.45, 2.75) is 51.0 Å². The molecule has 0 radical (unpaired) electrons. The zero-order valence-electron chi connectivity index (χ0n) is 13.3. The molecule has 0 bridgehead atoms. The van der Waals surface area contributed by atoms with Crippen molar-refractivity contribution in [1.82, 2.24) is 0 Å². The van der Waals surface area contributed by atoms with Gasteiger partial charge in [-0.05, 0) is 30.0 Å². The third-order valence-corrected chi connectivity index (χ3v) is 5.38. The fourth-order valence-corrected chi connectivity index (χ4v) is 3.45. The van der Waals surface area contributed by atoms with Gasteiger partial charge in [0.25, 0.3) is 10.1 Å². The molecule has 1 saturated heterocycles. The van der Waals surface area contributed by atoms with Gasteiger partial charge in [0.05, 0.1) is 11.5 Å². The van der Waals surface area contributed by atoms with Crippen molar-refractivity contribution in [3.8, 4) is 0 Å². The maximum Gasteiger partial charge on any atom is 0.337 e. The Morgan fingerprint density at radius 3 is 2.36 bits per heavy atom. The molecule has 2 rings (SSSR count). The second kappa shape index (κ2) is 6.01. The van der Waals surface area contributed by atoms with Gasteiger partial charge in [0, 0.05) is 5.41 Å². The number of cyclic esters (lactones) is 1. The number of carbonyl (C=O) groups excluding carboxylic acids is 1. The number of benzene rings is 1. The SMILES string of the molecule is CCC(C)c1ccc(S(=O)(=O)OC2C(=O)OCC2(C)C)cc1. The van der Waals surface area contributed by atoms with Gasteiger partial charge in [0.2, 0.25) is 0 Å². The van der Waals surface area contributed by atoms with Gasteiger partial charge in [-0.15, -0.1) is 0 Å². The zero-order chi connectivity index (χ0) is 16.5. The highest BCUT2D eigenvalue weighted by molar-refractivity contribution is 7.86. The third kappa shape index (κ3) is 3.33. The molecule has 122 valence electrons. The molecule has 2 unspecified atom stereocenters. The summed E-state index contributed by atoms with van der Waals surface area (Å²) >= 11 is 0. The van der Waals surface area contributed by atoms with Crippen LogP contribution in [0.15, 0.2) is 29.2 Å². The van der Waals surface area contributed by atoms with E-state index < -0.39 is 27.6 Å². The smallest absolute Gasteiger partial charge is 0.337 e. The van der Waals surface area contributed by atoms with E-state index in [0.29, 0.717) is 5.92 Å². The molecular weight excluding hydrogens is 304 g/mol. The van der Waals surface area contributed by atoms with E-state index in [-0.39, 0.29) is 11.5 Å². The summed E-state index contributed by atoms with van der Waals surface area (Å²) in [6.45, 7) is 7.79. The molecule has 22 heavy (non-hydrogen) atoms. The van der Waals surface area contributed by atoms with Crippen molar-refractivity contribution in [3.63, 3.8) is 0 Å². The highest BCUT2D eigenvalue weighted by atomic mass is 32.2. The lowest BCUT2D eigenvalue weighted by Gasteiger charge is -2.21. The normalized spacial score (nSPS) is 22.4. The quantitative estimate of drug-likeness (QED) is 0.615. The second-order valence-corrected chi connectivity index (χ2v) is 7.98. The Bertz CT molecular complexity index is 646. The average Bonchev–Trinajstić information content (AvgIpc) is 2.73. The topological polar surface area (TPSA) is 69.7 Å². The van der Waals surface area contributed by atoms with Crippen molar-refractivity contribution >= 4 is 16.1 Å². The Morgan fingerprint density at radius 2 is 1.91 bits per heavy atom. The molecular formula is C16H22O5S. The first-order valence-electron chi connectivity index (χ1n) is 7.37. The van der Waals surface area contributed by atoms with E-state index in [1.54, 1.807) is 26.0 Å². The van der Waals surface area contributed by atoms with Gasteiger partial charge in [-0.2, -0.15) is 8.42 Å². The van der Waals surface area contributed by atoms with E-state index in [9.17, 15) is 13.2 Å². The number of rotatable bonds is 5. The molecule has 1 aromatic rings. The minimum Gasteiger partial charge on any atom is -0.463 e. The van der Waals surface area contributed by atoms with Gasteiger partial charge < -0.3 is 4.74 Å². The standard InChI is InChI=1S/C16H22O5S/c1-5-11(2)12-6-8-13(9-7-12)22(18,19)21-14-15(17)20-10-16(14,3)4/h6-9,11,14H,5,10H2,1-4H3. The van der Waals surface area contributed by atoms with Gasteiger partial charge in [-0.3, -0.25) is 4.18 Å². The highest BCUT2D eigenvalue weighted by Crippen LogP contribution is 2.33. The number of hydrogen-bond donors (Lipinski definition) is 0. The molecule has 1 aliphatic rings. The van der Waals surface area contributed by atoms with Crippen molar-refractivity contribution in [2.75, 3.05) is 6.61 Å². The molecule has 0 aliphatic carbocycles. The highest BCUT2D eigenvalue weighted by Gasteiger charge is 2.47. The van der Waals surface area contributed by atoms with Crippen LogP contribution in [0.25, 0.3) is 0 Å². The molecule has 1 heterocycles. The van der Waals surface area contributed by atoms with E-state index in [1.807, 2.05) is 0 Å². The molecule has 0 spiro atoms. The van der Waals surface area contributed by atoms with Crippen LogP contribution in [0.1, 0.15) is 45.6 Å². The maximum absolute atomic E-state index is 12.3. The van der Waals surface area contributed by atoms with Gasteiger partial charge in [-0.1, -0.05) is 39.8 Å². The van der Waals surface area contributed by atoms with Crippen LogP contribution in [0.2, 0.25) is 0 Å². The lowest BCUT2D eigenvalue weighted by atomic mass is 9.90. The number of hydrogen-bond acceptors (Lipinski definition) is 5. The van der Waals surface area contributed by atoms with E-state index in [4.69, 9.17) is 8.92 Å². The summed E-state index contributed by atoms with van der Waals surface area (Å²) in [5, 5.41) is 0. The van der Waals surface area contributed by atoms with Crippen LogP contribution in [0.3, 0.4) is 0 Å². The fourth-order valence-electron chi connectivity index (χ4n) is 2.28. The zero-order valence-corrected chi connectivity index (χ0v) is 14.1. The van der Waals surface area contributed by atoms with Crippen LogP contribution in [-0.2, 0) is 23.8 Å². The third-order valence-electron chi connectivity index (χ3n) is 4.08. The summed E-state index contributed by atoms with van der Waals surface area (Å²) < 4.78 is 34.7. The van der Waals surface area contributed by atoms with Crippen LogP contribution in [0, 0.1) is 5.41 Å². The second-order valence-electron chi connectivity index (χ2n) is 6.41. The number of ether oxygens (including phenoxy) is 1. The van der Waals surface area contributed by atoms with Gasteiger partial charge >= 0.3 is 5.97 Å². The first-order valence-corrected chi connectivity index (χ1v) is 8.78. The van der Waals surface area contributed by atoms with Crippen LogP contribution in [0.5, 0.6) is 0 Å². The predicted molar refractivity (Wildman–Crippen MR) is 81.9 cm³/mol. The van der Waals surface area contributed by atoms with E-state index in [1.165, 1.54) is 12.1 Å². The molecule has 5 nitrogen and oxygen atoms in total. The fraction of sp³-hybridized carbons (Fsp3) is 0.562. The van der Waals surface area contributed by atoms with Crippen LogP contribution < -0.4 is 0 Å². The Balaban J connectivity index is 2.22. The van der Waals surface area contributed by atoms with Crippen LogP contribution in [0.4, 0.5) is 0 Å². The predicted octanol–water partition coefficient (Wildman–Crippen LogP) is 2.86. The largest absolute Gasteiger partial charge is 0.463 e. The molecule has 6 heteroatoms. The lowest BCUT2D eigenvalue weighted by molar-refractivity contribution is -0.143. The monoisotopic (exact) mass is 326 g/mol. The summed E-state index contributed by atoms with van der Waals surface area (Å²) in [4.78, 5) is 11.7. The van der Waals surface area contributed by atoms with Gasteiger partial charge in [-0.25, -0.2) is 4.79 Å². The van der Waals surface area contributed by atoms with E-state index >= 15 is 0 Å². The summed E-state index contributed by atoms with van der Waals surface area (Å²) in [6.07, 6.45) is -0.128. The molecule has 2 atom stereocenters. The molecule has 0 aromatic heterocycles. The molecule has 1 aliphatic heterocycles. The van der Waals surface area contributed by atoms with Gasteiger partial charge in [0.1, 0.15) is 0 Å². The van der Waals surface area contributed by atoms with Crippen molar-refractivity contribution in [3.05, 3.63) is 29.8 Å². The molecule has 1 aromatic carbocycles. The van der Waals surface area contributed by atoms with Crippen molar-refractivity contribution in [1.29, 1.82) is 0 Å². The lowest BCUT2D eigenvalue weighted by Crippen LogP contribution is -2.34. The minimum atomic E-state index is -4.00. The summed E-state index contributed by atoms with van der Waals surface area (Å²) in [7, 11) is -4.00. The number of esters is 1. The molecule has 0 N–H and O–H groups in total. The summed E-state index contributed by atoms with van der Waals surface area (Å²) in [5.41, 5.74) is 0.405. The average molecular weight is 326 g/mol. The van der Waals surface area contributed by atoms with E-state index in [0.717, 1.165) is 12.0 Å². The van der Waals surface area contributed by atoms with Gasteiger partial charge in [0.15, 0.2) is 6.10 Å². The summed E-state index contributed by atoms with van der Waals surface area (Å²) in [6, 6.07) is 6.60. The van der Waals surface area contributed by atoms with Crippen LogP contribution >= 0.6 is 0 Å². The molecule has 0 amide bonds. The van der Waals surface area contributed by atoms with Crippen molar-refractivity contribution in [2.24, 2.45) is 5.41 Å². The van der Waals surface area contributed by atoms with Crippen molar-refractivity contribution < 1.29 is 22.1 Å². The minimum absolute atomic E-state index is 0.0510. The molecule has 0 saturated carbocycles. The maximum atomic E-state index is 12.3. The van der Waals surface area contributed by atoms with E-state index in [2.05, 4.69) is 13.8 Å². The van der Waals surface area contributed by atoms with Crippen LogP contribution in [-0.4, -0.2) is 27.1 Å². The molecule has 1 fully saturated rings. The Hall–Kier alpha value is -1.40. The Labute approximate surface area is 131 Å². The Kier molecular flexibility index (Phi) is 4.63. The first kappa shape index (κ1) is 17.0.